The van der Waals surface area contributed by atoms with Gasteiger partial charge in [0.15, 0.2) is 0 Å². The summed E-state index contributed by atoms with van der Waals surface area (Å²) in [6.07, 6.45) is 0.947. The van der Waals surface area contributed by atoms with Crippen molar-refractivity contribution in [2.45, 2.75) is 32.4 Å². The lowest BCUT2D eigenvalue weighted by Gasteiger charge is -2.42. The lowest BCUT2D eigenvalue weighted by molar-refractivity contribution is 0.0880. The zero-order valence-corrected chi connectivity index (χ0v) is 13.7. The van der Waals surface area contributed by atoms with Gasteiger partial charge in [-0.25, -0.2) is 4.39 Å². The van der Waals surface area contributed by atoms with E-state index in [0.29, 0.717) is 12.1 Å². The van der Waals surface area contributed by atoms with Crippen molar-refractivity contribution < 1.29 is 4.39 Å². The average molecular weight is 293 g/mol. The molecule has 0 spiro atoms. The lowest BCUT2D eigenvalue weighted by Crippen LogP contribution is -2.59. The average Bonchev–Trinajstić information content (AvgIpc) is 2.44. The SMILES string of the molecule is CCNC(Cc1ccc(F)cc1C)C1CN(C)CCN1C. The number of piperazine rings is 1. The van der Waals surface area contributed by atoms with E-state index in [9.17, 15) is 4.39 Å². The first kappa shape index (κ1) is 16.4. The summed E-state index contributed by atoms with van der Waals surface area (Å²) in [7, 11) is 4.39. The quantitative estimate of drug-likeness (QED) is 0.894. The monoisotopic (exact) mass is 293 g/mol. The largest absolute Gasteiger partial charge is 0.312 e. The van der Waals surface area contributed by atoms with E-state index in [1.54, 1.807) is 12.1 Å². The predicted octanol–water partition coefficient (Wildman–Crippen LogP) is 1.90. The van der Waals surface area contributed by atoms with Crippen LogP contribution in [-0.4, -0.2) is 62.2 Å². The molecule has 21 heavy (non-hydrogen) atoms. The zero-order chi connectivity index (χ0) is 15.4. The lowest BCUT2D eigenvalue weighted by atomic mass is 9.94. The Kier molecular flexibility index (Phi) is 5.73. The van der Waals surface area contributed by atoms with Crippen LogP contribution in [0, 0.1) is 12.7 Å². The second kappa shape index (κ2) is 7.34. The van der Waals surface area contributed by atoms with E-state index in [0.717, 1.165) is 38.2 Å². The summed E-state index contributed by atoms with van der Waals surface area (Å²) in [5.41, 5.74) is 2.29. The van der Waals surface area contributed by atoms with Gasteiger partial charge in [0.2, 0.25) is 0 Å². The Hall–Kier alpha value is -0.970. The van der Waals surface area contributed by atoms with Crippen molar-refractivity contribution in [3.05, 3.63) is 35.1 Å². The predicted molar refractivity (Wildman–Crippen MR) is 86.2 cm³/mol. The molecule has 3 nitrogen and oxygen atoms in total. The zero-order valence-electron chi connectivity index (χ0n) is 13.7. The number of halogens is 1. The highest BCUT2D eigenvalue weighted by atomic mass is 19.1. The molecular weight excluding hydrogens is 265 g/mol. The highest BCUT2D eigenvalue weighted by Crippen LogP contribution is 2.17. The van der Waals surface area contributed by atoms with Crippen LogP contribution < -0.4 is 5.32 Å². The van der Waals surface area contributed by atoms with Gasteiger partial charge in [-0.2, -0.15) is 0 Å². The molecule has 1 heterocycles. The van der Waals surface area contributed by atoms with Gasteiger partial charge in [0.25, 0.3) is 0 Å². The Balaban J connectivity index is 2.14. The summed E-state index contributed by atoms with van der Waals surface area (Å²) in [6, 6.07) is 6.03. The molecule has 1 fully saturated rings. The number of likely N-dealkylation sites (N-methyl/N-ethyl adjacent to an activating group) is 3. The van der Waals surface area contributed by atoms with Gasteiger partial charge in [-0.3, -0.25) is 4.90 Å². The fourth-order valence-corrected chi connectivity index (χ4v) is 3.21. The number of benzene rings is 1. The van der Waals surface area contributed by atoms with Crippen LogP contribution >= 0.6 is 0 Å². The van der Waals surface area contributed by atoms with Gasteiger partial charge >= 0.3 is 0 Å². The Morgan fingerprint density at radius 1 is 1.33 bits per heavy atom. The van der Waals surface area contributed by atoms with E-state index in [2.05, 4.69) is 36.1 Å². The molecule has 1 aliphatic heterocycles. The molecule has 118 valence electrons. The van der Waals surface area contributed by atoms with Gasteiger partial charge in [-0.05, 0) is 57.2 Å². The molecule has 0 aliphatic carbocycles. The minimum Gasteiger partial charge on any atom is -0.312 e. The van der Waals surface area contributed by atoms with E-state index in [4.69, 9.17) is 0 Å². The number of rotatable bonds is 5. The second-order valence-electron chi connectivity index (χ2n) is 6.25. The molecule has 0 bridgehead atoms. The van der Waals surface area contributed by atoms with Gasteiger partial charge in [0, 0.05) is 31.7 Å². The van der Waals surface area contributed by atoms with Crippen LogP contribution in [0.1, 0.15) is 18.1 Å². The van der Waals surface area contributed by atoms with Crippen LogP contribution in [0.3, 0.4) is 0 Å². The van der Waals surface area contributed by atoms with Crippen molar-refractivity contribution in [3.8, 4) is 0 Å². The van der Waals surface area contributed by atoms with Crippen molar-refractivity contribution in [2.75, 3.05) is 40.3 Å². The third kappa shape index (κ3) is 4.25. The first-order valence-electron chi connectivity index (χ1n) is 7.88. The maximum absolute atomic E-state index is 13.3. The van der Waals surface area contributed by atoms with Crippen LogP contribution in [0.15, 0.2) is 18.2 Å². The number of aryl methyl sites for hydroxylation is 1. The summed E-state index contributed by atoms with van der Waals surface area (Å²) < 4.78 is 13.3. The molecule has 4 heteroatoms. The van der Waals surface area contributed by atoms with Crippen LogP contribution in [0.4, 0.5) is 4.39 Å². The molecule has 1 aliphatic rings. The molecule has 0 saturated carbocycles. The highest BCUT2D eigenvalue weighted by Gasteiger charge is 2.29. The molecule has 0 amide bonds. The van der Waals surface area contributed by atoms with Crippen molar-refractivity contribution >= 4 is 0 Å². The maximum atomic E-state index is 13.3. The van der Waals surface area contributed by atoms with Gasteiger partial charge in [0.05, 0.1) is 0 Å². The third-order valence-electron chi connectivity index (χ3n) is 4.57. The molecule has 2 atom stereocenters. The van der Waals surface area contributed by atoms with Crippen molar-refractivity contribution in [3.63, 3.8) is 0 Å². The maximum Gasteiger partial charge on any atom is 0.123 e. The standard InChI is InChI=1S/C17H28FN3/c1-5-19-16(17-12-20(3)8-9-21(17)4)11-14-6-7-15(18)10-13(14)2/h6-7,10,16-17,19H,5,8-9,11-12H2,1-4H3. The first-order chi connectivity index (χ1) is 10.0. The number of nitrogens with zero attached hydrogens (tertiary/aromatic N) is 2. The minimum absolute atomic E-state index is 0.147. The molecule has 0 aromatic heterocycles. The molecule has 0 radical (unpaired) electrons. The van der Waals surface area contributed by atoms with E-state index in [-0.39, 0.29) is 5.82 Å². The molecule has 2 unspecified atom stereocenters. The summed E-state index contributed by atoms with van der Waals surface area (Å²) in [4.78, 5) is 4.85. The van der Waals surface area contributed by atoms with Crippen molar-refractivity contribution in [1.82, 2.24) is 15.1 Å². The van der Waals surface area contributed by atoms with Crippen LogP contribution in [0.5, 0.6) is 0 Å². The molecule has 2 rings (SSSR count). The van der Waals surface area contributed by atoms with Crippen molar-refractivity contribution in [2.24, 2.45) is 0 Å². The Morgan fingerprint density at radius 3 is 2.76 bits per heavy atom. The molecular formula is C17H28FN3. The molecule has 1 aromatic carbocycles. The molecule has 1 saturated heterocycles. The number of hydrogen-bond acceptors (Lipinski definition) is 3. The highest BCUT2D eigenvalue weighted by molar-refractivity contribution is 5.27. The van der Waals surface area contributed by atoms with Crippen LogP contribution in [0.2, 0.25) is 0 Å². The van der Waals surface area contributed by atoms with Crippen LogP contribution in [-0.2, 0) is 6.42 Å². The minimum atomic E-state index is -0.147. The second-order valence-corrected chi connectivity index (χ2v) is 6.25. The Morgan fingerprint density at radius 2 is 2.10 bits per heavy atom. The van der Waals surface area contributed by atoms with Crippen LogP contribution in [0.25, 0.3) is 0 Å². The van der Waals surface area contributed by atoms with Gasteiger partial charge in [0.1, 0.15) is 5.82 Å². The van der Waals surface area contributed by atoms with Gasteiger partial charge in [-0.15, -0.1) is 0 Å². The van der Waals surface area contributed by atoms with Gasteiger partial charge < -0.3 is 10.2 Å². The smallest absolute Gasteiger partial charge is 0.123 e. The summed E-state index contributed by atoms with van der Waals surface area (Å²) in [5.74, 6) is -0.147. The summed E-state index contributed by atoms with van der Waals surface area (Å²) in [5, 5.41) is 3.63. The fourth-order valence-electron chi connectivity index (χ4n) is 3.21. The fraction of sp³-hybridized carbons (Fsp3) is 0.647. The third-order valence-corrected chi connectivity index (χ3v) is 4.57. The van der Waals surface area contributed by atoms with E-state index in [1.165, 1.54) is 5.56 Å². The number of hydrogen-bond donors (Lipinski definition) is 1. The summed E-state index contributed by atoms with van der Waals surface area (Å²) in [6.45, 7) is 8.41. The summed E-state index contributed by atoms with van der Waals surface area (Å²) >= 11 is 0. The van der Waals surface area contributed by atoms with Crippen molar-refractivity contribution in [1.29, 1.82) is 0 Å². The normalized spacial score (nSPS) is 22.4. The number of nitrogens with one attached hydrogen (secondary N) is 1. The van der Waals surface area contributed by atoms with Gasteiger partial charge in [-0.1, -0.05) is 13.0 Å². The topological polar surface area (TPSA) is 18.5 Å². The molecule has 1 aromatic rings. The van der Waals surface area contributed by atoms with E-state index in [1.807, 2.05) is 13.0 Å². The Labute approximate surface area is 128 Å². The Bertz CT molecular complexity index is 463. The first-order valence-corrected chi connectivity index (χ1v) is 7.88. The van der Waals surface area contributed by atoms with E-state index >= 15 is 0 Å². The molecule has 1 N–H and O–H groups in total. The van der Waals surface area contributed by atoms with E-state index < -0.39 is 0 Å².